The molecule has 0 fully saturated rings. The minimum Gasteiger partial charge on any atom is -0.465 e. The lowest BCUT2D eigenvalue weighted by atomic mass is 9.79. The number of carbonyl (C=O) groups is 1. The van der Waals surface area contributed by atoms with Gasteiger partial charge in [0.15, 0.2) is 5.60 Å². The second-order valence-electron chi connectivity index (χ2n) is 6.47. The van der Waals surface area contributed by atoms with Gasteiger partial charge in [0.05, 0.1) is 11.3 Å². The second kappa shape index (κ2) is 7.09. The first-order chi connectivity index (χ1) is 11.2. The van der Waals surface area contributed by atoms with Crippen molar-refractivity contribution in [1.82, 2.24) is 0 Å². The second-order valence-corrected chi connectivity index (χ2v) is 6.85. The Morgan fingerprint density at radius 3 is 2.83 bits per heavy atom. The van der Waals surface area contributed by atoms with E-state index >= 15 is 0 Å². The Labute approximate surface area is 147 Å². The van der Waals surface area contributed by atoms with Crippen LogP contribution in [0.1, 0.15) is 34.1 Å². The number of fused-ring (bicyclic) bond motifs is 1. The molecule has 0 saturated heterocycles. The molecule has 1 heterocycles. The van der Waals surface area contributed by atoms with Crippen LogP contribution in [0.3, 0.4) is 0 Å². The fourth-order valence-electron chi connectivity index (χ4n) is 2.55. The molecule has 4 nitrogen and oxygen atoms in total. The van der Waals surface area contributed by atoms with Crippen LogP contribution in [0.5, 0.6) is 0 Å². The first-order valence-corrected chi connectivity index (χ1v) is 8.36. The quantitative estimate of drug-likeness (QED) is 0.761. The maximum atomic E-state index is 12.1. The molecule has 5 heteroatoms. The van der Waals surface area contributed by atoms with Crippen LogP contribution < -0.4 is 0 Å². The Morgan fingerprint density at radius 1 is 1.54 bits per heavy atom. The number of ether oxygens (including phenoxy) is 1. The van der Waals surface area contributed by atoms with Crippen LogP contribution in [0.15, 0.2) is 58.1 Å². The molecule has 3 atom stereocenters. The molecule has 0 saturated carbocycles. The third-order valence-corrected chi connectivity index (χ3v) is 4.72. The van der Waals surface area contributed by atoms with Crippen molar-refractivity contribution in [3.05, 3.63) is 58.1 Å². The van der Waals surface area contributed by atoms with Gasteiger partial charge in [-0.15, -0.1) is 0 Å². The minimum atomic E-state index is -1.95. The van der Waals surface area contributed by atoms with Crippen LogP contribution in [0.2, 0.25) is 0 Å². The summed E-state index contributed by atoms with van der Waals surface area (Å²) < 4.78 is 5.49. The average molecular weight is 351 g/mol. The fourth-order valence-corrected chi connectivity index (χ4v) is 2.91. The molecule has 0 aromatic heterocycles. The highest BCUT2D eigenvalue weighted by atomic mass is 35.5. The van der Waals surface area contributed by atoms with E-state index in [1.54, 1.807) is 12.2 Å². The zero-order valence-corrected chi connectivity index (χ0v) is 15.1. The Bertz CT molecular complexity index is 692. The monoisotopic (exact) mass is 350 g/mol. The molecule has 0 amide bonds. The van der Waals surface area contributed by atoms with E-state index in [-0.39, 0.29) is 5.03 Å². The molecule has 0 bridgehead atoms. The first kappa shape index (κ1) is 18.7. The van der Waals surface area contributed by atoms with E-state index < -0.39 is 17.5 Å². The SMILES string of the molecule is CCC(C)/C=C(C)/C=C/C1=CC2=C(Cl)C(=O)[C@@](C)(O)[C@H](O)C2=CO1. The molecule has 2 N–H and O–H groups in total. The molecule has 24 heavy (non-hydrogen) atoms. The van der Waals surface area contributed by atoms with Gasteiger partial charge in [0.25, 0.3) is 0 Å². The van der Waals surface area contributed by atoms with Crippen LogP contribution in [-0.4, -0.2) is 27.7 Å². The molecule has 0 aromatic carbocycles. The van der Waals surface area contributed by atoms with Gasteiger partial charge in [0.1, 0.15) is 11.9 Å². The molecule has 0 radical (unpaired) electrons. The molecule has 130 valence electrons. The maximum Gasteiger partial charge on any atom is 0.209 e. The van der Waals surface area contributed by atoms with Crippen molar-refractivity contribution < 1.29 is 19.7 Å². The number of carbonyl (C=O) groups excluding carboxylic acids is 1. The van der Waals surface area contributed by atoms with Crippen LogP contribution in [0, 0.1) is 5.92 Å². The average Bonchev–Trinajstić information content (AvgIpc) is 2.56. The lowest BCUT2D eigenvalue weighted by Crippen LogP contribution is -2.51. The van der Waals surface area contributed by atoms with Gasteiger partial charge in [-0.1, -0.05) is 49.6 Å². The number of hydrogen-bond acceptors (Lipinski definition) is 4. The van der Waals surface area contributed by atoms with E-state index in [1.807, 2.05) is 13.0 Å². The summed E-state index contributed by atoms with van der Waals surface area (Å²) in [6.07, 6.45) is 8.48. The van der Waals surface area contributed by atoms with Crippen molar-refractivity contribution in [1.29, 1.82) is 0 Å². The smallest absolute Gasteiger partial charge is 0.209 e. The summed E-state index contributed by atoms with van der Waals surface area (Å²) in [7, 11) is 0. The predicted octanol–water partition coefficient (Wildman–Crippen LogP) is 3.52. The van der Waals surface area contributed by atoms with Gasteiger partial charge >= 0.3 is 0 Å². The number of aliphatic hydroxyl groups is 2. The van der Waals surface area contributed by atoms with Gasteiger partial charge in [-0.25, -0.2) is 0 Å². The maximum absolute atomic E-state index is 12.1. The summed E-state index contributed by atoms with van der Waals surface area (Å²) in [5.74, 6) is 0.302. The third kappa shape index (κ3) is 3.56. The van der Waals surface area contributed by atoms with E-state index in [0.717, 1.165) is 12.0 Å². The van der Waals surface area contributed by atoms with Gasteiger partial charge < -0.3 is 14.9 Å². The predicted molar refractivity (Wildman–Crippen MR) is 94.1 cm³/mol. The molecule has 2 rings (SSSR count). The van der Waals surface area contributed by atoms with E-state index in [0.29, 0.717) is 22.8 Å². The zero-order valence-electron chi connectivity index (χ0n) is 14.3. The highest BCUT2D eigenvalue weighted by molar-refractivity contribution is 6.45. The zero-order chi connectivity index (χ0) is 18.1. The van der Waals surface area contributed by atoms with Gasteiger partial charge in [-0.2, -0.15) is 0 Å². The molecular weight excluding hydrogens is 328 g/mol. The summed E-state index contributed by atoms with van der Waals surface area (Å²) >= 11 is 6.09. The number of hydrogen-bond donors (Lipinski definition) is 2. The summed E-state index contributed by atoms with van der Waals surface area (Å²) in [4.78, 5) is 12.1. The summed E-state index contributed by atoms with van der Waals surface area (Å²) in [5, 5.41) is 20.2. The molecule has 0 spiro atoms. The lowest BCUT2D eigenvalue weighted by molar-refractivity contribution is -0.140. The van der Waals surface area contributed by atoms with Crippen LogP contribution in [0.4, 0.5) is 0 Å². The van der Waals surface area contributed by atoms with Gasteiger partial charge in [0.2, 0.25) is 5.78 Å². The Hall–Kier alpha value is -1.62. The van der Waals surface area contributed by atoms with Crippen molar-refractivity contribution in [2.24, 2.45) is 5.92 Å². The van der Waals surface area contributed by atoms with E-state index in [4.69, 9.17) is 16.3 Å². The molecule has 0 aromatic rings. The normalized spacial score (nSPS) is 29.2. The number of aliphatic hydroxyl groups excluding tert-OH is 1. The highest BCUT2D eigenvalue weighted by Gasteiger charge is 2.48. The first-order valence-electron chi connectivity index (χ1n) is 7.98. The van der Waals surface area contributed by atoms with E-state index in [2.05, 4.69) is 19.9 Å². The lowest BCUT2D eigenvalue weighted by Gasteiger charge is -2.35. The number of halogens is 1. The summed E-state index contributed by atoms with van der Waals surface area (Å²) in [6, 6.07) is 0. The Morgan fingerprint density at radius 2 is 2.21 bits per heavy atom. The van der Waals surface area contributed by atoms with Gasteiger partial charge in [-0.05, 0) is 31.9 Å². The van der Waals surface area contributed by atoms with E-state index in [9.17, 15) is 15.0 Å². The van der Waals surface area contributed by atoms with Crippen molar-refractivity contribution in [3.8, 4) is 0 Å². The third-order valence-electron chi connectivity index (χ3n) is 4.34. The number of ketones is 1. The van der Waals surface area contributed by atoms with Crippen LogP contribution >= 0.6 is 11.6 Å². The minimum absolute atomic E-state index is 0.0994. The molecule has 1 aliphatic carbocycles. The standard InChI is InChI=1S/C19H23ClO4/c1-5-11(2)8-12(3)6-7-13-9-14-15(10-24-13)17(21)19(4,23)18(22)16(14)20/h6-11,17,21,23H,5H2,1-4H3/b7-6+,12-8+/t11?,17-,19+/m1/s1. The topological polar surface area (TPSA) is 66.8 Å². The fraction of sp³-hybridized carbons (Fsp3) is 0.421. The van der Waals surface area contributed by atoms with E-state index in [1.165, 1.54) is 13.2 Å². The number of rotatable bonds is 4. The Balaban J connectivity index is 2.30. The number of Topliss-reactive ketones (excluding diaryl/α,β-unsaturated/α-hetero) is 1. The van der Waals surface area contributed by atoms with Crippen LogP contribution in [0.25, 0.3) is 0 Å². The summed E-state index contributed by atoms with van der Waals surface area (Å²) in [5.41, 5.74) is -0.165. The molecular formula is C19H23ClO4. The highest BCUT2D eigenvalue weighted by Crippen LogP contribution is 2.39. The van der Waals surface area contributed by atoms with Gasteiger partial charge in [0, 0.05) is 11.1 Å². The molecule has 1 aliphatic heterocycles. The Kier molecular flexibility index (Phi) is 5.53. The number of allylic oxidation sites excluding steroid dienone is 5. The molecule has 1 unspecified atom stereocenters. The van der Waals surface area contributed by atoms with Crippen molar-refractivity contribution in [2.75, 3.05) is 0 Å². The van der Waals surface area contributed by atoms with Gasteiger partial charge in [-0.3, -0.25) is 4.79 Å². The largest absolute Gasteiger partial charge is 0.465 e. The van der Waals surface area contributed by atoms with Crippen molar-refractivity contribution in [2.45, 2.75) is 45.8 Å². The summed E-state index contributed by atoms with van der Waals surface area (Å²) in [6.45, 7) is 7.52. The van der Waals surface area contributed by atoms with Crippen molar-refractivity contribution >= 4 is 17.4 Å². The molecule has 2 aliphatic rings. The van der Waals surface area contributed by atoms with Crippen LogP contribution in [-0.2, 0) is 9.53 Å². The van der Waals surface area contributed by atoms with Crippen molar-refractivity contribution in [3.63, 3.8) is 0 Å².